The fraction of sp³-hybridized carbons (Fsp3) is 0.632. The number of hydrogen-bond donors (Lipinski definition) is 0. The Morgan fingerprint density at radius 2 is 1.96 bits per heavy atom. The van der Waals surface area contributed by atoms with E-state index in [2.05, 4.69) is 20.9 Å². The first-order valence-corrected chi connectivity index (χ1v) is 9.26. The molecule has 2 heterocycles. The van der Waals surface area contributed by atoms with E-state index in [0.29, 0.717) is 18.2 Å². The first-order chi connectivity index (χ1) is 12.2. The first-order valence-electron chi connectivity index (χ1n) is 9.26. The van der Waals surface area contributed by atoms with Crippen molar-refractivity contribution in [3.63, 3.8) is 0 Å². The van der Waals surface area contributed by atoms with Crippen LogP contribution in [0, 0.1) is 11.3 Å². The van der Waals surface area contributed by atoms with Crippen molar-refractivity contribution >= 4 is 11.7 Å². The Kier molecular flexibility index (Phi) is 5.87. The molecule has 2 fully saturated rings. The molecule has 1 saturated heterocycles. The number of amides is 1. The number of nitriles is 1. The number of likely N-dealkylation sites (N-methyl/N-ethyl adjacent to an activating group) is 1. The molecule has 1 amide bonds. The average molecular weight is 341 g/mol. The molecule has 3 rings (SSSR count). The highest BCUT2D eigenvalue weighted by Gasteiger charge is 2.25. The highest BCUT2D eigenvalue weighted by Crippen LogP contribution is 2.22. The molecule has 1 aliphatic carbocycles. The lowest BCUT2D eigenvalue weighted by Crippen LogP contribution is -2.51. The van der Waals surface area contributed by atoms with E-state index in [-0.39, 0.29) is 5.91 Å². The van der Waals surface area contributed by atoms with Gasteiger partial charge in [-0.05, 0) is 25.0 Å². The van der Waals surface area contributed by atoms with Crippen molar-refractivity contribution < 1.29 is 4.79 Å². The second-order valence-electron chi connectivity index (χ2n) is 7.08. The van der Waals surface area contributed by atoms with Gasteiger partial charge < -0.3 is 9.80 Å². The first kappa shape index (κ1) is 17.7. The molecule has 134 valence electrons. The minimum atomic E-state index is 0.247. The van der Waals surface area contributed by atoms with Gasteiger partial charge in [-0.3, -0.25) is 9.69 Å². The SMILES string of the molecule is CN(C(=O)CN1CCN(c2ccc(C#N)cn2)CC1)C1CCCCC1. The van der Waals surface area contributed by atoms with Crippen molar-refractivity contribution in [2.45, 2.75) is 38.1 Å². The van der Waals surface area contributed by atoms with Gasteiger partial charge in [0.05, 0.1) is 12.1 Å². The van der Waals surface area contributed by atoms with Crippen LogP contribution in [0.4, 0.5) is 5.82 Å². The molecule has 6 heteroatoms. The summed E-state index contributed by atoms with van der Waals surface area (Å²) < 4.78 is 0. The van der Waals surface area contributed by atoms with Gasteiger partial charge in [-0.1, -0.05) is 19.3 Å². The number of aromatic nitrogens is 1. The Morgan fingerprint density at radius 1 is 1.24 bits per heavy atom. The van der Waals surface area contributed by atoms with E-state index in [0.717, 1.165) is 44.8 Å². The van der Waals surface area contributed by atoms with Crippen LogP contribution in [0.5, 0.6) is 0 Å². The largest absolute Gasteiger partial charge is 0.354 e. The molecule has 0 N–H and O–H groups in total. The number of anilines is 1. The molecular weight excluding hydrogens is 314 g/mol. The van der Waals surface area contributed by atoms with Gasteiger partial charge in [-0.15, -0.1) is 0 Å². The zero-order valence-electron chi connectivity index (χ0n) is 15.0. The Balaban J connectivity index is 1.46. The van der Waals surface area contributed by atoms with E-state index in [1.54, 1.807) is 12.3 Å². The maximum absolute atomic E-state index is 12.6. The zero-order valence-corrected chi connectivity index (χ0v) is 15.0. The van der Waals surface area contributed by atoms with Crippen molar-refractivity contribution in [3.05, 3.63) is 23.9 Å². The standard InChI is InChI=1S/C19H27N5O/c1-22(17-5-3-2-4-6-17)19(25)15-23-9-11-24(12-10-23)18-8-7-16(13-20)14-21-18/h7-8,14,17H,2-6,9-12,15H2,1H3. The maximum atomic E-state index is 12.6. The predicted molar refractivity (Wildman–Crippen MR) is 97.2 cm³/mol. The van der Waals surface area contributed by atoms with E-state index in [9.17, 15) is 4.79 Å². The Morgan fingerprint density at radius 3 is 2.56 bits per heavy atom. The monoisotopic (exact) mass is 341 g/mol. The lowest BCUT2D eigenvalue weighted by Gasteiger charge is -2.37. The van der Waals surface area contributed by atoms with Gasteiger partial charge in [-0.25, -0.2) is 4.98 Å². The second kappa shape index (κ2) is 8.30. The molecule has 2 aliphatic rings. The van der Waals surface area contributed by atoms with Gasteiger partial charge in [0.25, 0.3) is 0 Å². The summed E-state index contributed by atoms with van der Waals surface area (Å²) in [6.07, 6.45) is 7.73. The molecule has 0 aromatic carbocycles. The minimum Gasteiger partial charge on any atom is -0.354 e. The number of carbonyl (C=O) groups is 1. The minimum absolute atomic E-state index is 0.247. The predicted octanol–water partition coefficient (Wildman–Crippen LogP) is 1.87. The zero-order chi connectivity index (χ0) is 17.6. The van der Waals surface area contributed by atoms with E-state index in [1.807, 2.05) is 18.0 Å². The molecule has 1 saturated carbocycles. The lowest BCUT2D eigenvalue weighted by molar-refractivity contribution is -0.133. The fourth-order valence-electron chi connectivity index (χ4n) is 3.75. The van der Waals surface area contributed by atoms with Crippen molar-refractivity contribution in [1.82, 2.24) is 14.8 Å². The van der Waals surface area contributed by atoms with Crippen LogP contribution in [0.2, 0.25) is 0 Å². The number of hydrogen-bond acceptors (Lipinski definition) is 5. The van der Waals surface area contributed by atoms with E-state index in [4.69, 9.17) is 5.26 Å². The smallest absolute Gasteiger partial charge is 0.236 e. The number of pyridine rings is 1. The average Bonchev–Trinajstić information content (AvgIpc) is 2.68. The third-order valence-electron chi connectivity index (χ3n) is 5.45. The van der Waals surface area contributed by atoms with Gasteiger partial charge in [0.1, 0.15) is 11.9 Å². The molecule has 0 atom stereocenters. The van der Waals surface area contributed by atoms with Crippen LogP contribution in [0.3, 0.4) is 0 Å². The molecule has 1 aromatic rings. The van der Waals surface area contributed by atoms with E-state index >= 15 is 0 Å². The van der Waals surface area contributed by atoms with Crippen molar-refractivity contribution in [3.8, 4) is 6.07 Å². The summed E-state index contributed by atoms with van der Waals surface area (Å²) in [7, 11) is 1.97. The Bertz CT molecular complexity index is 610. The molecule has 0 radical (unpaired) electrons. The van der Waals surface area contributed by atoms with Crippen LogP contribution in [0.25, 0.3) is 0 Å². The van der Waals surface area contributed by atoms with E-state index < -0.39 is 0 Å². The second-order valence-corrected chi connectivity index (χ2v) is 7.08. The van der Waals surface area contributed by atoms with Crippen molar-refractivity contribution in [2.24, 2.45) is 0 Å². The molecular formula is C19H27N5O. The maximum Gasteiger partial charge on any atom is 0.236 e. The topological polar surface area (TPSA) is 63.5 Å². The third kappa shape index (κ3) is 4.49. The highest BCUT2D eigenvalue weighted by atomic mass is 16.2. The van der Waals surface area contributed by atoms with Gasteiger partial charge in [0.15, 0.2) is 0 Å². The number of piperazine rings is 1. The quantitative estimate of drug-likeness (QED) is 0.836. The van der Waals surface area contributed by atoms with Crippen LogP contribution >= 0.6 is 0 Å². The van der Waals surface area contributed by atoms with Crippen molar-refractivity contribution in [1.29, 1.82) is 5.26 Å². The van der Waals surface area contributed by atoms with Crippen LogP contribution < -0.4 is 4.90 Å². The molecule has 25 heavy (non-hydrogen) atoms. The summed E-state index contributed by atoms with van der Waals surface area (Å²) in [6, 6.07) is 6.23. The van der Waals surface area contributed by atoms with E-state index in [1.165, 1.54) is 19.3 Å². The van der Waals surface area contributed by atoms with Crippen LogP contribution in [0.1, 0.15) is 37.7 Å². The molecule has 6 nitrogen and oxygen atoms in total. The van der Waals surface area contributed by atoms with Crippen LogP contribution in [0.15, 0.2) is 18.3 Å². The fourth-order valence-corrected chi connectivity index (χ4v) is 3.75. The summed E-state index contributed by atoms with van der Waals surface area (Å²) >= 11 is 0. The number of nitrogens with zero attached hydrogens (tertiary/aromatic N) is 5. The van der Waals surface area contributed by atoms with Crippen LogP contribution in [-0.2, 0) is 4.79 Å². The number of rotatable bonds is 4. The summed E-state index contributed by atoms with van der Waals surface area (Å²) in [4.78, 5) is 23.4. The highest BCUT2D eigenvalue weighted by molar-refractivity contribution is 5.78. The van der Waals surface area contributed by atoms with Crippen LogP contribution in [-0.4, -0.2) is 66.5 Å². The van der Waals surface area contributed by atoms with Gasteiger partial charge in [0, 0.05) is 45.5 Å². The number of carbonyl (C=O) groups excluding carboxylic acids is 1. The summed E-state index contributed by atoms with van der Waals surface area (Å²) in [6.45, 7) is 3.97. The Hall–Kier alpha value is -2.13. The third-order valence-corrected chi connectivity index (χ3v) is 5.45. The Labute approximate surface area is 150 Å². The molecule has 1 aliphatic heterocycles. The van der Waals surface area contributed by atoms with Gasteiger partial charge >= 0.3 is 0 Å². The van der Waals surface area contributed by atoms with Gasteiger partial charge in [-0.2, -0.15) is 5.26 Å². The molecule has 0 unspecified atom stereocenters. The summed E-state index contributed by atoms with van der Waals surface area (Å²) in [5.74, 6) is 1.15. The summed E-state index contributed by atoms with van der Waals surface area (Å²) in [5, 5.41) is 8.85. The lowest BCUT2D eigenvalue weighted by atomic mass is 9.94. The molecule has 0 spiro atoms. The normalized spacial score (nSPS) is 19.4. The molecule has 0 bridgehead atoms. The molecule has 1 aromatic heterocycles. The van der Waals surface area contributed by atoms with Gasteiger partial charge in [0.2, 0.25) is 5.91 Å². The summed E-state index contributed by atoms with van der Waals surface area (Å²) in [5.41, 5.74) is 0.582. The van der Waals surface area contributed by atoms with Crippen molar-refractivity contribution in [2.75, 3.05) is 44.7 Å².